The Bertz CT molecular complexity index is 535. The fourth-order valence-corrected chi connectivity index (χ4v) is 3.20. The Kier molecular flexibility index (Phi) is 5.35. The van der Waals surface area contributed by atoms with Crippen molar-refractivity contribution < 1.29 is 4.79 Å². The van der Waals surface area contributed by atoms with E-state index in [1.807, 2.05) is 30.0 Å². The lowest BCUT2D eigenvalue weighted by Crippen LogP contribution is -2.38. The molecule has 2 unspecified atom stereocenters. The molecule has 0 aromatic heterocycles. The predicted octanol–water partition coefficient (Wildman–Crippen LogP) is 2.28. The van der Waals surface area contributed by atoms with Crippen LogP contribution in [0.1, 0.15) is 37.3 Å². The van der Waals surface area contributed by atoms with E-state index < -0.39 is 0 Å². The van der Waals surface area contributed by atoms with Crippen molar-refractivity contribution in [3.8, 4) is 6.07 Å². The van der Waals surface area contributed by atoms with E-state index in [1.54, 1.807) is 6.07 Å². The second kappa shape index (κ2) is 7.24. The largest absolute Gasteiger partial charge is 0.338 e. The molecule has 2 rings (SSSR count). The van der Waals surface area contributed by atoms with Crippen LogP contribution in [0.3, 0.4) is 0 Å². The first-order chi connectivity index (χ1) is 10.2. The van der Waals surface area contributed by atoms with Crippen LogP contribution in [0, 0.1) is 23.2 Å². The minimum atomic E-state index is 0.0594. The molecule has 4 heteroatoms. The minimum absolute atomic E-state index is 0.0594. The molecule has 112 valence electrons. The number of nitrogens with zero attached hydrogens (tertiary/aromatic N) is 2. The maximum atomic E-state index is 12.7. The molecule has 2 atom stereocenters. The molecule has 0 spiro atoms. The number of amides is 1. The maximum Gasteiger partial charge on any atom is 0.226 e. The molecule has 1 aromatic rings. The third-order valence-corrected chi connectivity index (χ3v) is 4.47. The van der Waals surface area contributed by atoms with Crippen molar-refractivity contribution in [1.29, 1.82) is 5.26 Å². The van der Waals surface area contributed by atoms with Crippen molar-refractivity contribution in [3.05, 3.63) is 35.4 Å². The van der Waals surface area contributed by atoms with E-state index in [0.717, 1.165) is 24.8 Å². The average Bonchev–Trinajstić information content (AvgIpc) is 3.00. The summed E-state index contributed by atoms with van der Waals surface area (Å²) in [5, 5.41) is 9.16. The van der Waals surface area contributed by atoms with Crippen LogP contribution in [0.2, 0.25) is 0 Å². The molecule has 1 saturated carbocycles. The van der Waals surface area contributed by atoms with Crippen LogP contribution in [0.5, 0.6) is 0 Å². The number of carbonyl (C=O) groups excluding carboxylic acids is 1. The normalized spacial score (nSPS) is 21.0. The summed E-state index contributed by atoms with van der Waals surface area (Å²) in [5.41, 5.74) is 7.35. The van der Waals surface area contributed by atoms with Crippen LogP contribution in [-0.2, 0) is 11.3 Å². The zero-order valence-electron chi connectivity index (χ0n) is 12.6. The number of rotatable bonds is 5. The first-order valence-electron chi connectivity index (χ1n) is 7.68. The summed E-state index contributed by atoms with van der Waals surface area (Å²) in [6.45, 7) is 3.74. The predicted molar refractivity (Wildman–Crippen MR) is 82.1 cm³/mol. The zero-order valence-corrected chi connectivity index (χ0v) is 12.6. The topological polar surface area (TPSA) is 70.1 Å². The molecule has 0 saturated heterocycles. The second-order valence-electron chi connectivity index (χ2n) is 5.65. The van der Waals surface area contributed by atoms with Crippen molar-refractivity contribution in [2.75, 3.05) is 13.1 Å². The van der Waals surface area contributed by atoms with Crippen LogP contribution in [0.25, 0.3) is 0 Å². The van der Waals surface area contributed by atoms with Gasteiger partial charge in [0.2, 0.25) is 5.91 Å². The molecule has 1 amide bonds. The Balaban J connectivity index is 2.13. The van der Waals surface area contributed by atoms with Gasteiger partial charge in [-0.2, -0.15) is 5.26 Å². The third-order valence-electron chi connectivity index (χ3n) is 4.47. The summed E-state index contributed by atoms with van der Waals surface area (Å²) in [6.07, 6.45) is 3.08. The number of hydrogen-bond acceptors (Lipinski definition) is 3. The lowest BCUT2D eigenvalue weighted by Gasteiger charge is -2.27. The molecule has 1 aliphatic carbocycles. The molecule has 0 heterocycles. The monoisotopic (exact) mass is 285 g/mol. The van der Waals surface area contributed by atoms with Crippen LogP contribution in [-0.4, -0.2) is 23.9 Å². The van der Waals surface area contributed by atoms with Crippen LogP contribution >= 0.6 is 0 Å². The van der Waals surface area contributed by atoms with Gasteiger partial charge in [0, 0.05) is 19.0 Å². The van der Waals surface area contributed by atoms with Gasteiger partial charge >= 0.3 is 0 Å². The minimum Gasteiger partial charge on any atom is -0.338 e. The highest BCUT2D eigenvalue weighted by molar-refractivity contribution is 5.79. The quantitative estimate of drug-likeness (QED) is 0.902. The van der Waals surface area contributed by atoms with Gasteiger partial charge in [0.15, 0.2) is 0 Å². The summed E-state index contributed by atoms with van der Waals surface area (Å²) in [7, 11) is 0. The smallest absolute Gasteiger partial charge is 0.226 e. The summed E-state index contributed by atoms with van der Waals surface area (Å²) < 4.78 is 0. The highest BCUT2D eigenvalue weighted by Crippen LogP contribution is 2.32. The van der Waals surface area contributed by atoms with Gasteiger partial charge in [-0.3, -0.25) is 4.79 Å². The molecule has 4 nitrogen and oxygen atoms in total. The number of nitriles is 1. The fraction of sp³-hybridized carbons (Fsp3) is 0.529. The van der Waals surface area contributed by atoms with Gasteiger partial charge in [0.1, 0.15) is 0 Å². The summed E-state index contributed by atoms with van der Waals surface area (Å²) in [4.78, 5) is 14.6. The Morgan fingerprint density at radius 3 is 2.86 bits per heavy atom. The number of carbonyl (C=O) groups is 1. The third kappa shape index (κ3) is 3.43. The van der Waals surface area contributed by atoms with E-state index in [-0.39, 0.29) is 11.8 Å². The van der Waals surface area contributed by atoms with Gasteiger partial charge < -0.3 is 10.6 Å². The molecule has 0 aliphatic heterocycles. The van der Waals surface area contributed by atoms with E-state index in [1.165, 1.54) is 0 Å². The fourth-order valence-electron chi connectivity index (χ4n) is 3.20. The zero-order chi connectivity index (χ0) is 15.2. The van der Waals surface area contributed by atoms with Crippen LogP contribution in [0.4, 0.5) is 0 Å². The van der Waals surface area contributed by atoms with Crippen molar-refractivity contribution in [3.63, 3.8) is 0 Å². The van der Waals surface area contributed by atoms with Gasteiger partial charge in [-0.05, 0) is 43.9 Å². The molecule has 0 radical (unpaired) electrons. The molecule has 1 aromatic carbocycles. The molecular weight excluding hydrogens is 262 g/mol. The SMILES string of the molecule is CCN(Cc1ccccc1C#N)C(=O)C1CCCC1CN. The molecule has 1 fully saturated rings. The van der Waals surface area contributed by atoms with Crippen molar-refractivity contribution in [2.45, 2.75) is 32.7 Å². The summed E-state index contributed by atoms with van der Waals surface area (Å²) >= 11 is 0. The highest BCUT2D eigenvalue weighted by atomic mass is 16.2. The van der Waals surface area contributed by atoms with Crippen molar-refractivity contribution in [2.24, 2.45) is 17.6 Å². The van der Waals surface area contributed by atoms with Crippen LogP contribution in [0.15, 0.2) is 24.3 Å². The van der Waals surface area contributed by atoms with Gasteiger partial charge in [0.25, 0.3) is 0 Å². The number of benzene rings is 1. The first kappa shape index (κ1) is 15.5. The molecule has 21 heavy (non-hydrogen) atoms. The van der Waals surface area contributed by atoms with E-state index >= 15 is 0 Å². The lowest BCUT2D eigenvalue weighted by molar-refractivity contribution is -0.137. The highest BCUT2D eigenvalue weighted by Gasteiger charge is 2.34. The molecule has 2 N–H and O–H groups in total. The Morgan fingerprint density at radius 2 is 2.19 bits per heavy atom. The molecular formula is C17H23N3O. The Hall–Kier alpha value is -1.86. The van der Waals surface area contributed by atoms with Gasteiger partial charge in [-0.1, -0.05) is 24.6 Å². The lowest BCUT2D eigenvalue weighted by atomic mass is 9.94. The first-order valence-corrected chi connectivity index (χ1v) is 7.68. The summed E-state index contributed by atoms with van der Waals surface area (Å²) in [5.74, 6) is 0.570. The van der Waals surface area contributed by atoms with Gasteiger partial charge in [-0.15, -0.1) is 0 Å². The van der Waals surface area contributed by atoms with E-state index in [4.69, 9.17) is 11.0 Å². The molecule has 0 bridgehead atoms. The maximum absolute atomic E-state index is 12.7. The van der Waals surface area contributed by atoms with E-state index in [9.17, 15) is 4.79 Å². The second-order valence-corrected chi connectivity index (χ2v) is 5.65. The van der Waals surface area contributed by atoms with Crippen molar-refractivity contribution >= 4 is 5.91 Å². The standard InChI is InChI=1S/C17H23N3O/c1-2-20(12-15-7-4-3-6-13(15)10-18)17(21)16-9-5-8-14(16)11-19/h3-4,6-7,14,16H,2,5,8-9,11-12,19H2,1H3. The average molecular weight is 285 g/mol. The molecule has 1 aliphatic rings. The Morgan fingerprint density at radius 1 is 1.43 bits per heavy atom. The van der Waals surface area contributed by atoms with Gasteiger partial charge in [0.05, 0.1) is 11.6 Å². The summed E-state index contributed by atoms with van der Waals surface area (Å²) in [6, 6.07) is 9.67. The number of nitrogens with two attached hydrogens (primary N) is 1. The van der Waals surface area contributed by atoms with Gasteiger partial charge in [-0.25, -0.2) is 0 Å². The Labute approximate surface area is 126 Å². The van der Waals surface area contributed by atoms with E-state index in [0.29, 0.717) is 31.1 Å². The number of hydrogen-bond donors (Lipinski definition) is 1. The van der Waals surface area contributed by atoms with Crippen molar-refractivity contribution in [1.82, 2.24) is 4.90 Å². The van der Waals surface area contributed by atoms with Crippen LogP contribution < -0.4 is 5.73 Å². The van der Waals surface area contributed by atoms with E-state index in [2.05, 4.69) is 6.07 Å².